The number of hydrogen-bond donors (Lipinski definition) is 0. The Morgan fingerprint density at radius 2 is 2.07 bits per heavy atom. The molecule has 0 amide bonds. The van der Waals surface area contributed by atoms with Gasteiger partial charge in [0.05, 0.1) is 0 Å². The quantitative estimate of drug-likeness (QED) is 0.673. The third kappa shape index (κ3) is 1.46. The first-order chi connectivity index (χ1) is 6.83. The van der Waals surface area contributed by atoms with Crippen LogP contribution < -0.4 is 0 Å². The molecule has 0 aliphatic carbocycles. The van der Waals surface area contributed by atoms with E-state index < -0.39 is 0 Å². The number of aryl methyl sites for hydroxylation is 1. The molecule has 1 nitrogen and oxygen atoms in total. The summed E-state index contributed by atoms with van der Waals surface area (Å²) in [6.07, 6.45) is 7.66. The van der Waals surface area contributed by atoms with Crippen LogP contribution in [0.4, 0.5) is 0 Å². The Morgan fingerprint density at radius 3 is 2.86 bits per heavy atom. The maximum Gasteiger partial charge on any atom is 0.0483 e. The number of rotatable bonds is 2. The number of hydrogen-bond acceptors (Lipinski definition) is 0. The minimum atomic E-state index is 1.09. The Hall–Kier alpha value is -1.50. The van der Waals surface area contributed by atoms with E-state index in [1.807, 2.05) is 0 Å². The first-order valence-corrected chi connectivity index (χ1v) is 5.03. The van der Waals surface area contributed by atoms with Gasteiger partial charge in [-0.05, 0) is 18.1 Å². The molecule has 0 aliphatic heterocycles. The fourth-order valence-electron chi connectivity index (χ4n) is 1.75. The second-order valence-electron chi connectivity index (χ2n) is 3.52. The molecule has 0 atom stereocenters. The predicted molar refractivity (Wildman–Crippen MR) is 62.2 cm³/mol. The van der Waals surface area contributed by atoms with Gasteiger partial charge < -0.3 is 4.57 Å². The van der Waals surface area contributed by atoms with Crippen LogP contribution in [0, 0.1) is 0 Å². The van der Waals surface area contributed by atoms with Gasteiger partial charge in [-0.1, -0.05) is 37.3 Å². The molecule has 0 unspecified atom stereocenters. The molecule has 0 saturated carbocycles. The highest BCUT2D eigenvalue weighted by Gasteiger charge is 2.01. The van der Waals surface area contributed by atoms with Crippen molar-refractivity contribution in [1.29, 1.82) is 0 Å². The zero-order valence-electron chi connectivity index (χ0n) is 8.70. The van der Waals surface area contributed by atoms with Crippen molar-refractivity contribution in [3.63, 3.8) is 0 Å². The van der Waals surface area contributed by atoms with Gasteiger partial charge in [0.1, 0.15) is 0 Å². The second kappa shape index (κ2) is 3.70. The summed E-state index contributed by atoms with van der Waals surface area (Å²) in [6, 6.07) is 8.49. The second-order valence-corrected chi connectivity index (χ2v) is 3.52. The largest absolute Gasteiger partial charge is 0.350 e. The zero-order chi connectivity index (χ0) is 9.97. The fraction of sp³-hybridized carbons (Fsp3) is 0.231. The van der Waals surface area contributed by atoms with E-state index in [1.165, 1.54) is 16.5 Å². The third-order valence-electron chi connectivity index (χ3n) is 2.46. The van der Waals surface area contributed by atoms with E-state index in [0.717, 1.165) is 6.42 Å². The van der Waals surface area contributed by atoms with Gasteiger partial charge in [0.25, 0.3) is 0 Å². The number of aromatic nitrogens is 1. The third-order valence-corrected chi connectivity index (χ3v) is 2.46. The van der Waals surface area contributed by atoms with Crippen LogP contribution in [0.2, 0.25) is 0 Å². The van der Waals surface area contributed by atoms with Crippen molar-refractivity contribution in [2.24, 2.45) is 7.05 Å². The summed E-state index contributed by atoms with van der Waals surface area (Å²) in [5.74, 6) is 0. The molecule has 0 bridgehead atoms. The van der Waals surface area contributed by atoms with Crippen molar-refractivity contribution >= 4 is 17.0 Å². The molecule has 0 N–H and O–H groups in total. The molecular formula is C13H15N. The lowest BCUT2D eigenvalue weighted by molar-refractivity contribution is 0.968. The van der Waals surface area contributed by atoms with Crippen molar-refractivity contribution in [3.8, 4) is 0 Å². The molecule has 1 heterocycles. The Labute approximate surface area is 84.7 Å². The first-order valence-electron chi connectivity index (χ1n) is 5.03. The Balaban J connectivity index is 2.61. The average molecular weight is 185 g/mol. The van der Waals surface area contributed by atoms with Gasteiger partial charge in [0.2, 0.25) is 0 Å². The number of nitrogens with zero attached hydrogens (tertiary/aromatic N) is 1. The number of benzene rings is 1. The highest BCUT2D eigenvalue weighted by Crippen LogP contribution is 2.21. The van der Waals surface area contributed by atoms with E-state index in [4.69, 9.17) is 0 Å². The summed E-state index contributed by atoms with van der Waals surface area (Å²) in [6.45, 7) is 2.15. The minimum Gasteiger partial charge on any atom is -0.350 e. The fourth-order valence-corrected chi connectivity index (χ4v) is 1.75. The van der Waals surface area contributed by atoms with Crippen LogP contribution in [0.1, 0.15) is 18.9 Å². The van der Waals surface area contributed by atoms with E-state index in [-0.39, 0.29) is 0 Å². The highest BCUT2D eigenvalue weighted by atomic mass is 14.9. The SMILES string of the molecule is CCC=Cc1cn(C)c2ccccc12. The zero-order valence-corrected chi connectivity index (χ0v) is 8.70. The Kier molecular flexibility index (Phi) is 2.40. The Morgan fingerprint density at radius 1 is 1.29 bits per heavy atom. The van der Waals surface area contributed by atoms with Gasteiger partial charge in [-0.2, -0.15) is 0 Å². The van der Waals surface area contributed by atoms with Crippen molar-refractivity contribution in [2.45, 2.75) is 13.3 Å². The van der Waals surface area contributed by atoms with E-state index in [1.54, 1.807) is 0 Å². The topological polar surface area (TPSA) is 4.93 Å². The van der Waals surface area contributed by atoms with E-state index >= 15 is 0 Å². The van der Waals surface area contributed by atoms with Gasteiger partial charge in [-0.25, -0.2) is 0 Å². The maximum absolute atomic E-state index is 2.20. The first kappa shape index (κ1) is 9.07. The van der Waals surface area contributed by atoms with Crippen LogP contribution in [0.5, 0.6) is 0 Å². The van der Waals surface area contributed by atoms with Gasteiger partial charge in [0, 0.05) is 24.1 Å². The molecule has 0 spiro atoms. The van der Waals surface area contributed by atoms with Crippen LogP contribution in [0.15, 0.2) is 36.5 Å². The van der Waals surface area contributed by atoms with E-state index in [2.05, 4.69) is 61.2 Å². The van der Waals surface area contributed by atoms with Crippen LogP contribution in [-0.4, -0.2) is 4.57 Å². The van der Waals surface area contributed by atoms with Gasteiger partial charge in [0.15, 0.2) is 0 Å². The Bertz CT molecular complexity index is 463. The van der Waals surface area contributed by atoms with Gasteiger partial charge >= 0.3 is 0 Å². The summed E-state index contributed by atoms with van der Waals surface area (Å²) in [5, 5.41) is 1.33. The lowest BCUT2D eigenvalue weighted by Gasteiger charge is -1.92. The molecule has 0 fully saturated rings. The normalized spacial score (nSPS) is 11.6. The smallest absolute Gasteiger partial charge is 0.0483 e. The standard InChI is InChI=1S/C13H15N/c1-3-4-7-11-10-14(2)13-9-6-5-8-12(11)13/h4-10H,3H2,1-2H3. The molecule has 0 aliphatic rings. The molecular weight excluding hydrogens is 170 g/mol. The summed E-state index contributed by atoms with van der Waals surface area (Å²) >= 11 is 0. The summed E-state index contributed by atoms with van der Waals surface area (Å²) < 4.78 is 2.17. The van der Waals surface area contributed by atoms with Crippen LogP contribution in [0.25, 0.3) is 17.0 Å². The van der Waals surface area contributed by atoms with Crippen LogP contribution in [0.3, 0.4) is 0 Å². The summed E-state index contributed by atoms with van der Waals surface area (Å²) in [4.78, 5) is 0. The molecule has 1 aromatic carbocycles. The summed E-state index contributed by atoms with van der Waals surface area (Å²) in [5.41, 5.74) is 2.60. The van der Waals surface area contributed by atoms with E-state index in [0.29, 0.717) is 0 Å². The number of para-hydroxylation sites is 1. The van der Waals surface area contributed by atoms with Crippen molar-refractivity contribution in [2.75, 3.05) is 0 Å². The molecule has 2 aromatic rings. The van der Waals surface area contributed by atoms with Crippen LogP contribution >= 0.6 is 0 Å². The van der Waals surface area contributed by atoms with Gasteiger partial charge in [-0.3, -0.25) is 0 Å². The molecule has 0 saturated heterocycles. The number of fused-ring (bicyclic) bond motifs is 1. The van der Waals surface area contributed by atoms with Crippen molar-refractivity contribution in [1.82, 2.24) is 4.57 Å². The summed E-state index contributed by atoms with van der Waals surface area (Å²) in [7, 11) is 2.09. The van der Waals surface area contributed by atoms with E-state index in [9.17, 15) is 0 Å². The predicted octanol–water partition coefficient (Wildman–Crippen LogP) is 3.60. The molecule has 0 radical (unpaired) electrons. The monoisotopic (exact) mass is 185 g/mol. The molecule has 72 valence electrons. The lowest BCUT2D eigenvalue weighted by Crippen LogP contribution is -1.81. The molecule has 14 heavy (non-hydrogen) atoms. The van der Waals surface area contributed by atoms with Crippen molar-refractivity contribution < 1.29 is 0 Å². The van der Waals surface area contributed by atoms with Gasteiger partial charge in [-0.15, -0.1) is 0 Å². The maximum atomic E-state index is 2.20. The lowest BCUT2D eigenvalue weighted by atomic mass is 10.1. The highest BCUT2D eigenvalue weighted by molar-refractivity contribution is 5.89. The number of allylic oxidation sites excluding steroid dienone is 1. The average Bonchev–Trinajstić information content (AvgIpc) is 2.54. The van der Waals surface area contributed by atoms with Crippen LogP contribution in [-0.2, 0) is 7.05 Å². The molecule has 2 rings (SSSR count). The minimum absolute atomic E-state index is 1.09. The molecule has 1 heteroatoms. The van der Waals surface area contributed by atoms with Crippen molar-refractivity contribution in [3.05, 3.63) is 42.1 Å². The molecule has 1 aromatic heterocycles.